The first kappa shape index (κ1) is 14.5. The lowest BCUT2D eigenvalue weighted by molar-refractivity contribution is 0.0790. The van der Waals surface area contributed by atoms with E-state index in [-0.39, 0.29) is 5.91 Å². The number of carbonyl (C=O) groups excluding carboxylic acids is 1. The maximum Gasteiger partial charge on any atom is 0.274 e. The zero-order chi connectivity index (χ0) is 14.4. The first-order valence-electron chi connectivity index (χ1n) is 6.56. The molecule has 2 aromatic rings. The smallest absolute Gasteiger partial charge is 0.274 e. The molecule has 0 aliphatic rings. The highest BCUT2D eigenvalue weighted by Crippen LogP contribution is 2.10. The SMILES string of the molecule is CCNc1ccc(C(=O)N(C)CCc2cccs2)nn1. The third kappa shape index (κ3) is 3.77. The van der Waals surface area contributed by atoms with Crippen LogP contribution in [0.3, 0.4) is 0 Å². The van der Waals surface area contributed by atoms with Crippen LogP contribution in [0.5, 0.6) is 0 Å². The lowest BCUT2D eigenvalue weighted by Gasteiger charge is -2.15. The number of amides is 1. The predicted octanol–water partition coefficient (Wildman–Crippen LogP) is 2.28. The number of thiophene rings is 1. The zero-order valence-corrected chi connectivity index (χ0v) is 12.5. The molecular weight excluding hydrogens is 272 g/mol. The summed E-state index contributed by atoms with van der Waals surface area (Å²) in [5.41, 5.74) is 0.375. The van der Waals surface area contributed by atoms with Crippen LogP contribution in [-0.2, 0) is 6.42 Å². The molecule has 1 N–H and O–H groups in total. The van der Waals surface area contributed by atoms with E-state index in [0.717, 1.165) is 13.0 Å². The summed E-state index contributed by atoms with van der Waals surface area (Å²) >= 11 is 1.71. The third-order valence-electron chi connectivity index (χ3n) is 2.86. The van der Waals surface area contributed by atoms with E-state index in [1.54, 1.807) is 35.4 Å². The summed E-state index contributed by atoms with van der Waals surface area (Å²) in [5, 5.41) is 13.0. The minimum Gasteiger partial charge on any atom is -0.369 e. The van der Waals surface area contributed by atoms with Crippen molar-refractivity contribution in [3.8, 4) is 0 Å². The number of carbonyl (C=O) groups is 1. The van der Waals surface area contributed by atoms with Gasteiger partial charge in [0.2, 0.25) is 0 Å². The number of rotatable bonds is 6. The zero-order valence-electron chi connectivity index (χ0n) is 11.7. The van der Waals surface area contributed by atoms with Gasteiger partial charge in [-0.05, 0) is 36.9 Å². The quantitative estimate of drug-likeness (QED) is 0.887. The number of hydrogen-bond donors (Lipinski definition) is 1. The van der Waals surface area contributed by atoms with E-state index in [0.29, 0.717) is 18.1 Å². The van der Waals surface area contributed by atoms with Gasteiger partial charge in [0.25, 0.3) is 5.91 Å². The van der Waals surface area contributed by atoms with Crippen LogP contribution in [0, 0.1) is 0 Å². The Morgan fingerprint density at radius 2 is 2.20 bits per heavy atom. The van der Waals surface area contributed by atoms with Crippen molar-refractivity contribution < 1.29 is 4.79 Å². The normalized spacial score (nSPS) is 10.3. The van der Waals surface area contributed by atoms with Gasteiger partial charge in [-0.2, -0.15) is 0 Å². The second-order valence-corrected chi connectivity index (χ2v) is 5.42. The first-order valence-corrected chi connectivity index (χ1v) is 7.44. The van der Waals surface area contributed by atoms with Crippen LogP contribution in [0.15, 0.2) is 29.6 Å². The fourth-order valence-electron chi connectivity index (χ4n) is 1.75. The fraction of sp³-hybridized carbons (Fsp3) is 0.357. The van der Waals surface area contributed by atoms with Crippen LogP contribution in [-0.4, -0.2) is 41.1 Å². The van der Waals surface area contributed by atoms with Gasteiger partial charge in [0, 0.05) is 25.0 Å². The molecule has 0 saturated carbocycles. The van der Waals surface area contributed by atoms with Crippen molar-refractivity contribution in [3.63, 3.8) is 0 Å². The molecule has 6 heteroatoms. The minimum atomic E-state index is -0.0999. The highest BCUT2D eigenvalue weighted by atomic mass is 32.1. The number of nitrogens with zero attached hydrogens (tertiary/aromatic N) is 3. The molecule has 1 amide bonds. The molecule has 0 saturated heterocycles. The van der Waals surface area contributed by atoms with Gasteiger partial charge in [0.15, 0.2) is 5.69 Å². The van der Waals surface area contributed by atoms with Gasteiger partial charge in [-0.3, -0.25) is 4.79 Å². The van der Waals surface area contributed by atoms with Gasteiger partial charge in [0.05, 0.1) is 0 Å². The standard InChI is InChI=1S/C14H18N4OS/c1-3-15-13-7-6-12(16-17-13)14(19)18(2)9-8-11-5-4-10-20-11/h4-7,10H,3,8-9H2,1-2H3,(H,15,17). The molecule has 0 aliphatic heterocycles. The lowest BCUT2D eigenvalue weighted by Crippen LogP contribution is -2.29. The summed E-state index contributed by atoms with van der Waals surface area (Å²) < 4.78 is 0. The van der Waals surface area contributed by atoms with Gasteiger partial charge in [0.1, 0.15) is 5.82 Å². The molecule has 0 fully saturated rings. The van der Waals surface area contributed by atoms with Gasteiger partial charge in [-0.25, -0.2) is 0 Å². The molecule has 0 aromatic carbocycles. The Labute approximate surface area is 122 Å². The minimum absolute atomic E-state index is 0.0999. The molecule has 2 aromatic heterocycles. The molecular formula is C14H18N4OS. The number of nitrogens with one attached hydrogen (secondary N) is 1. The highest BCUT2D eigenvalue weighted by molar-refractivity contribution is 7.09. The van der Waals surface area contributed by atoms with E-state index < -0.39 is 0 Å². The van der Waals surface area contributed by atoms with Gasteiger partial charge < -0.3 is 10.2 Å². The monoisotopic (exact) mass is 290 g/mol. The van der Waals surface area contributed by atoms with Crippen LogP contribution < -0.4 is 5.32 Å². The van der Waals surface area contributed by atoms with E-state index in [9.17, 15) is 4.79 Å². The number of likely N-dealkylation sites (N-methyl/N-ethyl adjacent to an activating group) is 1. The topological polar surface area (TPSA) is 58.1 Å². The molecule has 2 heterocycles. The molecule has 5 nitrogen and oxygen atoms in total. The maximum atomic E-state index is 12.2. The molecule has 0 atom stereocenters. The van der Waals surface area contributed by atoms with Crippen molar-refractivity contribution >= 4 is 23.1 Å². The van der Waals surface area contributed by atoms with Crippen molar-refractivity contribution in [2.45, 2.75) is 13.3 Å². The molecule has 106 valence electrons. The highest BCUT2D eigenvalue weighted by Gasteiger charge is 2.13. The summed E-state index contributed by atoms with van der Waals surface area (Å²) in [4.78, 5) is 15.1. The Morgan fingerprint density at radius 3 is 2.80 bits per heavy atom. The molecule has 2 rings (SSSR count). The Kier molecular flexibility index (Phi) is 5.06. The van der Waals surface area contributed by atoms with Crippen LogP contribution in [0.25, 0.3) is 0 Å². The van der Waals surface area contributed by atoms with Crippen LogP contribution in [0.1, 0.15) is 22.3 Å². The number of hydrogen-bond acceptors (Lipinski definition) is 5. The summed E-state index contributed by atoms with van der Waals surface area (Å²) in [6, 6.07) is 7.58. The number of anilines is 1. The van der Waals surface area contributed by atoms with Crippen LogP contribution in [0.4, 0.5) is 5.82 Å². The summed E-state index contributed by atoms with van der Waals surface area (Å²) in [7, 11) is 1.79. The average Bonchev–Trinajstić information content (AvgIpc) is 2.98. The molecule has 0 radical (unpaired) electrons. The largest absolute Gasteiger partial charge is 0.369 e. The van der Waals surface area contributed by atoms with E-state index in [2.05, 4.69) is 21.6 Å². The van der Waals surface area contributed by atoms with E-state index >= 15 is 0 Å². The Balaban J connectivity index is 1.92. The fourth-order valence-corrected chi connectivity index (χ4v) is 2.45. The summed E-state index contributed by atoms with van der Waals surface area (Å²) in [5.74, 6) is 0.586. The molecule has 0 bridgehead atoms. The van der Waals surface area contributed by atoms with Gasteiger partial charge >= 0.3 is 0 Å². The van der Waals surface area contributed by atoms with Crippen molar-refractivity contribution in [3.05, 3.63) is 40.2 Å². The van der Waals surface area contributed by atoms with E-state index in [1.165, 1.54) is 4.88 Å². The molecule has 0 spiro atoms. The van der Waals surface area contributed by atoms with Gasteiger partial charge in [-0.1, -0.05) is 6.07 Å². The third-order valence-corrected chi connectivity index (χ3v) is 3.80. The van der Waals surface area contributed by atoms with Crippen molar-refractivity contribution in [1.29, 1.82) is 0 Å². The Hall–Kier alpha value is -1.95. The predicted molar refractivity (Wildman–Crippen MR) is 81.2 cm³/mol. The van der Waals surface area contributed by atoms with Crippen molar-refractivity contribution in [2.75, 3.05) is 25.5 Å². The molecule has 0 aliphatic carbocycles. The average molecular weight is 290 g/mol. The lowest BCUT2D eigenvalue weighted by atomic mass is 10.3. The number of aromatic nitrogens is 2. The second kappa shape index (κ2) is 7.00. The second-order valence-electron chi connectivity index (χ2n) is 4.39. The van der Waals surface area contributed by atoms with E-state index in [1.807, 2.05) is 18.4 Å². The Morgan fingerprint density at radius 1 is 1.35 bits per heavy atom. The first-order chi connectivity index (χ1) is 9.70. The van der Waals surface area contributed by atoms with E-state index in [4.69, 9.17) is 0 Å². The van der Waals surface area contributed by atoms with Crippen LogP contribution >= 0.6 is 11.3 Å². The summed E-state index contributed by atoms with van der Waals surface area (Å²) in [6.07, 6.45) is 0.864. The molecule has 20 heavy (non-hydrogen) atoms. The van der Waals surface area contributed by atoms with Gasteiger partial charge in [-0.15, -0.1) is 21.5 Å². The molecule has 0 unspecified atom stereocenters. The van der Waals surface area contributed by atoms with Crippen molar-refractivity contribution in [2.24, 2.45) is 0 Å². The maximum absolute atomic E-state index is 12.2. The van der Waals surface area contributed by atoms with Crippen LogP contribution in [0.2, 0.25) is 0 Å². The Bertz CT molecular complexity index is 539. The summed E-state index contributed by atoms with van der Waals surface area (Å²) in [6.45, 7) is 3.44. The van der Waals surface area contributed by atoms with Crippen molar-refractivity contribution in [1.82, 2.24) is 15.1 Å².